The largest absolute Gasteiger partial charge is 0.356 e. The van der Waals surface area contributed by atoms with Crippen molar-refractivity contribution in [2.24, 2.45) is 5.73 Å². The quantitative estimate of drug-likeness (QED) is 0.528. The molecule has 0 aromatic carbocycles. The lowest BCUT2D eigenvalue weighted by Gasteiger charge is -2.06. The van der Waals surface area contributed by atoms with Crippen LogP contribution in [0.4, 0.5) is 0 Å². The van der Waals surface area contributed by atoms with Crippen molar-refractivity contribution in [3.05, 3.63) is 0 Å². The molecule has 19 heavy (non-hydrogen) atoms. The fraction of sp³-hybridized carbons (Fsp3) is 0.857. The van der Waals surface area contributed by atoms with E-state index in [9.17, 15) is 9.59 Å². The van der Waals surface area contributed by atoms with E-state index >= 15 is 0 Å². The van der Waals surface area contributed by atoms with Crippen LogP contribution in [0, 0.1) is 0 Å². The molecule has 2 amide bonds. The SMILES string of the molecule is CC.CCCCCC(=O)NCCCNC(=O)CCN. The molecule has 0 bridgehead atoms. The minimum Gasteiger partial charge on any atom is -0.356 e. The molecule has 0 spiro atoms. The van der Waals surface area contributed by atoms with Gasteiger partial charge in [0.25, 0.3) is 0 Å². The number of rotatable bonds is 10. The normalized spacial score (nSPS) is 9.26. The van der Waals surface area contributed by atoms with Crippen molar-refractivity contribution in [3.8, 4) is 0 Å². The summed E-state index contributed by atoms with van der Waals surface area (Å²) in [4.78, 5) is 22.3. The summed E-state index contributed by atoms with van der Waals surface area (Å²) in [6.45, 7) is 7.70. The van der Waals surface area contributed by atoms with Gasteiger partial charge in [-0.25, -0.2) is 0 Å². The van der Waals surface area contributed by atoms with Crippen molar-refractivity contribution in [1.82, 2.24) is 10.6 Å². The average molecular weight is 273 g/mol. The van der Waals surface area contributed by atoms with Gasteiger partial charge in [0.1, 0.15) is 0 Å². The summed E-state index contributed by atoms with van der Waals surface area (Å²) >= 11 is 0. The lowest BCUT2D eigenvalue weighted by atomic mass is 10.2. The van der Waals surface area contributed by atoms with E-state index in [1.165, 1.54) is 0 Å². The minimum absolute atomic E-state index is 0.0261. The number of nitrogens with one attached hydrogen (secondary N) is 2. The molecule has 0 radical (unpaired) electrons. The molecular formula is C14H31N3O2. The summed E-state index contributed by atoms with van der Waals surface area (Å²) < 4.78 is 0. The first-order valence-corrected chi connectivity index (χ1v) is 7.44. The standard InChI is InChI=1S/C12H25N3O2.C2H6/c1-2-3-4-6-11(16)14-9-5-10-15-12(17)7-8-13;1-2/h2-10,13H2,1H3,(H,14,16)(H,15,17);1-2H3. The molecule has 5 heteroatoms. The van der Waals surface area contributed by atoms with Gasteiger partial charge in [-0.2, -0.15) is 0 Å². The summed E-state index contributed by atoms with van der Waals surface area (Å²) in [6.07, 6.45) is 4.91. The lowest BCUT2D eigenvalue weighted by Crippen LogP contribution is -2.30. The predicted molar refractivity (Wildman–Crippen MR) is 79.8 cm³/mol. The van der Waals surface area contributed by atoms with Crippen LogP contribution < -0.4 is 16.4 Å². The molecule has 5 nitrogen and oxygen atoms in total. The van der Waals surface area contributed by atoms with Gasteiger partial charge in [-0.05, 0) is 12.8 Å². The highest BCUT2D eigenvalue weighted by Crippen LogP contribution is 1.97. The van der Waals surface area contributed by atoms with E-state index in [4.69, 9.17) is 5.73 Å². The van der Waals surface area contributed by atoms with Crippen molar-refractivity contribution in [1.29, 1.82) is 0 Å². The maximum Gasteiger partial charge on any atom is 0.221 e. The Labute approximate surface area is 117 Å². The van der Waals surface area contributed by atoms with E-state index in [2.05, 4.69) is 17.6 Å². The van der Waals surface area contributed by atoms with Gasteiger partial charge >= 0.3 is 0 Å². The predicted octanol–water partition coefficient (Wildman–Crippen LogP) is 1.56. The van der Waals surface area contributed by atoms with Gasteiger partial charge in [0.05, 0.1) is 0 Å². The number of unbranched alkanes of at least 4 members (excludes halogenated alkanes) is 2. The lowest BCUT2D eigenvalue weighted by molar-refractivity contribution is -0.121. The molecule has 0 unspecified atom stereocenters. The van der Waals surface area contributed by atoms with Crippen molar-refractivity contribution in [2.75, 3.05) is 19.6 Å². The highest BCUT2D eigenvalue weighted by atomic mass is 16.2. The Kier molecular flexibility index (Phi) is 18.0. The number of amides is 2. The molecular weight excluding hydrogens is 242 g/mol. The van der Waals surface area contributed by atoms with E-state index in [1.54, 1.807) is 0 Å². The molecule has 4 N–H and O–H groups in total. The van der Waals surface area contributed by atoms with E-state index in [-0.39, 0.29) is 11.8 Å². The first-order valence-electron chi connectivity index (χ1n) is 7.44. The third kappa shape index (κ3) is 16.9. The van der Waals surface area contributed by atoms with Crippen molar-refractivity contribution >= 4 is 11.8 Å². The van der Waals surface area contributed by atoms with Gasteiger partial charge < -0.3 is 16.4 Å². The topological polar surface area (TPSA) is 84.2 Å². The summed E-state index contributed by atoms with van der Waals surface area (Å²) in [5, 5.41) is 5.57. The van der Waals surface area contributed by atoms with Crippen LogP contribution in [0.1, 0.15) is 59.3 Å². The summed E-state index contributed by atoms with van der Waals surface area (Å²) in [5.41, 5.74) is 5.24. The molecule has 0 heterocycles. The van der Waals surface area contributed by atoms with Crippen molar-refractivity contribution in [3.63, 3.8) is 0 Å². The molecule has 114 valence electrons. The first-order chi connectivity index (χ1) is 9.20. The summed E-state index contributed by atoms with van der Waals surface area (Å²) in [6, 6.07) is 0. The molecule has 0 aromatic heterocycles. The number of nitrogens with two attached hydrogens (primary N) is 1. The van der Waals surface area contributed by atoms with Crippen LogP contribution in [0.25, 0.3) is 0 Å². The second-order valence-corrected chi connectivity index (χ2v) is 4.05. The maximum absolute atomic E-state index is 11.3. The van der Waals surface area contributed by atoms with Crippen LogP contribution in [-0.4, -0.2) is 31.4 Å². The first kappa shape index (κ1) is 20.2. The molecule has 0 aromatic rings. The molecule has 0 atom stereocenters. The molecule has 0 aliphatic carbocycles. The van der Waals surface area contributed by atoms with Crippen molar-refractivity contribution < 1.29 is 9.59 Å². The highest BCUT2D eigenvalue weighted by Gasteiger charge is 2.00. The third-order valence-corrected chi connectivity index (χ3v) is 2.38. The Morgan fingerprint density at radius 3 is 1.89 bits per heavy atom. The fourth-order valence-electron chi connectivity index (χ4n) is 1.39. The van der Waals surface area contributed by atoms with E-state index < -0.39 is 0 Å². The summed E-state index contributed by atoms with van der Waals surface area (Å²) in [5.74, 6) is 0.0773. The van der Waals surface area contributed by atoms with Crippen LogP contribution in [0.15, 0.2) is 0 Å². The Morgan fingerprint density at radius 2 is 1.42 bits per heavy atom. The fourth-order valence-corrected chi connectivity index (χ4v) is 1.39. The molecule has 0 fully saturated rings. The van der Waals surface area contributed by atoms with Crippen LogP contribution in [0.5, 0.6) is 0 Å². The zero-order valence-corrected chi connectivity index (χ0v) is 12.8. The van der Waals surface area contributed by atoms with Crippen LogP contribution in [0.2, 0.25) is 0 Å². The number of carbonyl (C=O) groups is 2. The number of carbonyl (C=O) groups excluding carboxylic acids is 2. The minimum atomic E-state index is -0.0261. The molecule has 0 rings (SSSR count). The average Bonchev–Trinajstić information content (AvgIpc) is 2.41. The second-order valence-electron chi connectivity index (χ2n) is 4.05. The smallest absolute Gasteiger partial charge is 0.221 e. The Bertz CT molecular complexity index is 221. The Balaban J connectivity index is 0. The Hall–Kier alpha value is -1.10. The summed E-state index contributed by atoms with van der Waals surface area (Å²) in [7, 11) is 0. The van der Waals surface area contributed by atoms with E-state index in [1.807, 2.05) is 13.8 Å². The zero-order chi connectivity index (χ0) is 14.9. The van der Waals surface area contributed by atoms with E-state index in [0.717, 1.165) is 25.7 Å². The van der Waals surface area contributed by atoms with Gasteiger partial charge in [-0.1, -0.05) is 33.6 Å². The number of hydrogen-bond acceptors (Lipinski definition) is 3. The van der Waals surface area contributed by atoms with E-state index in [0.29, 0.717) is 32.5 Å². The Morgan fingerprint density at radius 1 is 0.895 bits per heavy atom. The van der Waals surface area contributed by atoms with Gasteiger partial charge in [0, 0.05) is 32.5 Å². The van der Waals surface area contributed by atoms with Crippen LogP contribution in [0.3, 0.4) is 0 Å². The second kappa shape index (κ2) is 16.9. The van der Waals surface area contributed by atoms with Gasteiger partial charge in [-0.15, -0.1) is 0 Å². The van der Waals surface area contributed by atoms with Crippen molar-refractivity contribution in [2.45, 2.75) is 59.3 Å². The highest BCUT2D eigenvalue weighted by molar-refractivity contribution is 5.76. The number of hydrogen-bond donors (Lipinski definition) is 3. The van der Waals surface area contributed by atoms with Gasteiger partial charge in [0.2, 0.25) is 11.8 Å². The van der Waals surface area contributed by atoms with Crippen LogP contribution in [-0.2, 0) is 9.59 Å². The molecule has 0 saturated heterocycles. The monoisotopic (exact) mass is 273 g/mol. The molecule has 0 aliphatic heterocycles. The zero-order valence-electron chi connectivity index (χ0n) is 12.8. The van der Waals surface area contributed by atoms with Crippen LogP contribution >= 0.6 is 0 Å². The van der Waals surface area contributed by atoms with Gasteiger partial charge in [0.15, 0.2) is 0 Å². The molecule has 0 saturated carbocycles. The molecule has 0 aliphatic rings. The maximum atomic E-state index is 11.3. The third-order valence-electron chi connectivity index (χ3n) is 2.38. The van der Waals surface area contributed by atoms with Gasteiger partial charge in [-0.3, -0.25) is 9.59 Å².